The van der Waals surface area contributed by atoms with Gasteiger partial charge in [-0.15, -0.1) is 0 Å². The number of benzene rings is 1. The molecule has 2 saturated heterocycles. The molecular weight excluding hydrogens is 379 g/mol. The van der Waals surface area contributed by atoms with Crippen molar-refractivity contribution in [3.8, 4) is 0 Å². The predicted octanol–water partition coefficient (Wildman–Crippen LogP) is 3.01. The minimum atomic E-state index is -0.125. The zero-order valence-corrected chi connectivity index (χ0v) is 15.9. The highest BCUT2D eigenvalue weighted by molar-refractivity contribution is 6.42. The number of ether oxygens (including phenoxy) is 2. The molecule has 1 aromatic rings. The maximum Gasteiger partial charge on any atom is 0.317 e. The third-order valence-electron chi connectivity index (χ3n) is 4.72. The largest absolute Gasteiger partial charge is 0.376 e. The van der Waals surface area contributed by atoms with E-state index in [1.165, 1.54) is 0 Å². The number of hydrogen-bond acceptors (Lipinski definition) is 4. The number of carbonyl (C=O) groups is 2. The number of nitrogens with zero attached hydrogens (tertiary/aromatic N) is 1. The van der Waals surface area contributed by atoms with E-state index in [1.54, 1.807) is 23.1 Å². The normalized spacial score (nSPS) is 21.5. The summed E-state index contributed by atoms with van der Waals surface area (Å²) < 4.78 is 10.8. The van der Waals surface area contributed by atoms with Crippen molar-refractivity contribution in [3.05, 3.63) is 33.8 Å². The van der Waals surface area contributed by atoms with Gasteiger partial charge in [-0.05, 0) is 31.0 Å². The van der Waals surface area contributed by atoms with Crippen molar-refractivity contribution in [2.45, 2.75) is 18.9 Å². The van der Waals surface area contributed by atoms with Crippen molar-refractivity contribution >= 4 is 35.0 Å². The number of ketones is 1. The maximum atomic E-state index is 12.6. The molecule has 0 aromatic heterocycles. The molecule has 0 spiro atoms. The first-order valence-corrected chi connectivity index (χ1v) is 9.51. The van der Waals surface area contributed by atoms with Gasteiger partial charge in [0.25, 0.3) is 0 Å². The van der Waals surface area contributed by atoms with E-state index in [9.17, 15) is 9.59 Å². The van der Waals surface area contributed by atoms with Crippen molar-refractivity contribution < 1.29 is 19.1 Å². The van der Waals surface area contributed by atoms with Crippen LogP contribution < -0.4 is 5.32 Å². The first-order valence-electron chi connectivity index (χ1n) is 8.76. The van der Waals surface area contributed by atoms with E-state index in [1.807, 2.05) is 0 Å². The predicted molar refractivity (Wildman–Crippen MR) is 99.0 cm³/mol. The fraction of sp³-hybridized carbons (Fsp3) is 0.556. The van der Waals surface area contributed by atoms with E-state index in [2.05, 4.69) is 5.32 Å². The molecule has 6 nitrogen and oxygen atoms in total. The number of nitrogens with one attached hydrogen (secondary N) is 1. The number of halogens is 2. The van der Waals surface area contributed by atoms with Crippen LogP contribution >= 0.6 is 23.2 Å². The number of likely N-dealkylation sites (tertiary alicyclic amines) is 1. The quantitative estimate of drug-likeness (QED) is 0.788. The van der Waals surface area contributed by atoms with Crippen LogP contribution in [0.1, 0.15) is 23.2 Å². The Balaban J connectivity index is 1.46. The van der Waals surface area contributed by atoms with Gasteiger partial charge in [-0.2, -0.15) is 0 Å². The van der Waals surface area contributed by atoms with Crippen molar-refractivity contribution in [1.82, 2.24) is 10.2 Å². The lowest BCUT2D eigenvalue weighted by atomic mass is 9.89. The van der Waals surface area contributed by atoms with Gasteiger partial charge in [0, 0.05) is 31.1 Å². The topological polar surface area (TPSA) is 67.9 Å². The van der Waals surface area contributed by atoms with Crippen LogP contribution in [0.3, 0.4) is 0 Å². The number of hydrogen-bond donors (Lipinski definition) is 1. The summed E-state index contributed by atoms with van der Waals surface area (Å²) in [6, 6.07) is 4.82. The summed E-state index contributed by atoms with van der Waals surface area (Å²) >= 11 is 11.9. The van der Waals surface area contributed by atoms with Crippen LogP contribution in [-0.4, -0.2) is 62.3 Å². The number of urea groups is 1. The van der Waals surface area contributed by atoms with Crippen molar-refractivity contribution in [3.63, 3.8) is 0 Å². The van der Waals surface area contributed by atoms with Gasteiger partial charge < -0.3 is 19.7 Å². The summed E-state index contributed by atoms with van der Waals surface area (Å²) in [5.74, 6) is -0.0530. The second kappa shape index (κ2) is 9.04. The highest BCUT2D eigenvalue weighted by atomic mass is 35.5. The summed E-state index contributed by atoms with van der Waals surface area (Å²) in [5.41, 5.74) is 0.566. The molecule has 26 heavy (non-hydrogen) atoms. The van der Waals surface area contributed by atoms with Gasteiger partial charge in [0.05, 0.1) is 36.0 Å². The van der Waals surface area contributed by atoms with Gasteiger partial charge in [-0.25, -0.2) is 4.79 Å². The summed E-state index contributed by atoms with van der Waals surface area (Å²) in [6.07, 6.45) is 1.17. The van der Waals surface area contributed by atoms with Crippen LogP contribution in [0.5, 0.6) is 0 Å². The highest BCUT2D eigenvalue weighted by Gasteiger charge is 2.28. The molecule has 142 valence electrons. The Kier molecular flexibility index (Phi) is 6.75. The summed E-state index contributed by atoms with van der Waals surface area (Å²) in [4.78, 5) is 26.6. The number of carbonyl (C=O) groups excluding carboxylic acids is 2. The average molecular weight is 401 g/mol. The fourth-order valence-corrected chi connectivity index (χ4v) is 3.50. The molecule has 2 heterocycles. The Morgan fingerprint density at radius 2 is 1.92 bits per heavy atom. The molecule has 0 bridgehead atoms. The minimum absolute atomic E-state index is 0.0522. The molecule has 1 atom stereocenters. The van der Waals surface area contributed by atoms with Crippen molar-refractivity contribution in [2.24, 2.45) is 5.92 Å². The SMILES string of the molecule is O=C(c1ccc(Cl)c(Cl)c1)C1CCN(C(=O)NCC2COCCO2)CC1. The smallest absolute Gasteiger partial charge is 0.317 e. The molecule has 3 rings (SSSR count). The molecule has 2 aliphatic rings. The molecule has 8 heteroatoms. The van der Waals surface area contributed by atoms with Crippen LogP contribution in [-0.2, 0) is 9.47 Å². The first kappa shape index (κ1) is 19.4. The van der Waals surface area contributed by atoms with Crippen LogP contribution in [0, 0.1) is 5.92 Å². The molecule has 0 radical (unpaired) electrons. The fourth-order valence-electron chi connectivity index (χ4n) is 3.20. The van der Waals surface area contributed by atoms with Crippen LogP contribution in [0.15, 0.2) is 18.2 Å². The van der Waals surface area contributed by atoms with Crippen LogP contribution in [0.25, 0.3) is 0 Å². The third-order valence-corrected chi connectivity index (χ3v) is 5.46. The standard InChI is InChI=1S/C18H22Cl2N2O4/c19-15-2-1-13(9-16(15)20)17(23)12-3-5-22(6-4-12)18(24)21-10-14-11-25-7-8-26-14/h1-2,9,12,14H,3-8,10-11H2,(H,21,24). The Morgan fingerprint density at radius 3 is 2.58 bits per heavy atom. The molecule has 0 aliphatic carbocycles. The molecule has 2 amide bonds. The molecule has 2 aliphatic heterocycles. The summed E-state index contributed by atoms with van der Waals surface area (Å²) in [7, 11) is 0. The lowest BCUT2D eigenvalue weighted by Crippen LogP contribution is -2.48. The maximum absolute atomic E-state index is 12.6. The van der Waals surface area contributed by atoms with Crippen molar-refractivity contribution in [1.29, 1.82) is 0 Å². The van der Waals surface area contributed by atoms with E-state index in [0.717, 1.165) is 0 Å². The number of piperidine rings is 1. The van der Waals surface area contributed by atoms with Gasteiger partial charge in [-0.1, -0.05) is 23.2 Å². The highest BCUT2D eigenvalue weighted by Crippen LogP contribution is 2.27. The Labute approximate surface area is 162 Å². The Hall–Kier alpha value is -1.34. The van der Waals surface area contributed by atoms with Gasteiger partial charge in [-0.3, -0.25) is 4.79 Å². The molecule has 0 saturated carbocycles. The number of Topliss-reactive ketones (excluding diaryl/α,β-unsaturated/α-hetero) is 1. The molecule has 1 N–H and O–H groups in total. The molecular formula is C18H22Cl2N2O4. The minimum Gasteiger partial charge on any atom is -0.376 e. The van der Waals surface area contributed by atoms with Gasteiger partial charge >= 0.3 is 6.03 Å². The molecule has 1 unspecified atom stereocenters. The average Bonchev–Trinajstić information content (AvgIpc) is 2.68. The second-order valence-electron chi connectivity index (χ2n) is 6.51. The zero-order valence-electron chi connectivity index (χ0n) is 14.4. The number of rotatable bonds is 4. The summed E-state index contributed by atoms with van der Waals surface area (Å²) in [5, 5.41) is 3.69. The Morgan fingerprint density at radius 1 is 1.15 bits per heavy atom. The summed E-state index contributed by atoms with van der Waals surface area (Å²) in [6.45, 7) is 3.19. The molecule has 2 fully saturated rings. The first-order chi connectivity index (χ1) is 12.5. The van der Waals surface area contributed by atoms with E-state index < -0.39 is 0 Å². The third kappa shape index (κ3) is 4.88. The van der Waals surface area contributed by atoms with Gasteiger partial charge in [0.15, 0.2) is 5.78 Å². The van der Waals surface area contributed by atoms with E-state index in [-0.39, 0.29) is 23.8 Å². The Bertz CT molecular complexity index is 657. The van der Waals surface area contributed by atoms with Crippen LogP contribution in [0.4, 0.5) is 4.79 Å². The van der Waals surface area contributed by atoms with Crippen molar-refractivity contribution in [2.75, 3.05) is 39.5 Å². The molecule has 1 aromatic carbocycles. The van der Waals surface area contributed by atoms with Gasteiger partial charge in [0.1, 0.15) is 0 Å². The lowest BCUT2D eigenvalue weighted by Gasteiger charge is -2.32. The zero-order chi connectivity index (χ0) is 18.5. The monoisotopic (exact) mass is 400 g/mol. The van der Waals surface area contributed by atoms with E-state index >= 15 is 0 Å². The van der Waals surface area contributed by atoms with E-state index in [0.29, 0.717) is 67.9 Å². The van der Waals surface area contributed by atoms with Gasteiger partial charge in [0.2, 0.25) is 0 Å². The van der Waals surface area contributed by atoms with Crippen LogP contribution in [0.2, 0.25) is 10.0 Å². The number of amides is 2. The second-order valence-corrected chi connectivity index (χ2v) is 7.32. The lowest BCUT2D eigenvalue weighted by molar-refractivity contribution is -0.0856. The van der Waals surface area contributed by atoms with E-state index in [4.69, 9.17) is 32.7 Å².